The molecule has 0 spiro atoms. The first kappa shape index (κ1) is 20.4. The Bertz CT molecular complexity index is 1270. The van der Waals surface area contributed by atoms with Gasteiger partial charge in [0.25, 0.3) is 5.91 Å². The van der Waals surface area contributed by atoms with Gasteiger partial charge in [0.2, 0.25) is 11.7 Å². The number of carbonyl (C=O) groups is 1. The molecule has 0 atom stereocenters. The molecule has 1 saturated heterocycles. The molecule has 4 aromatic rings. The molecule has 0 saturated carbocycles. The van der Waals surface area contributed by atoms with Gasteiger partial charge in [-0.3, -0.25) is 9.48 Å². The average Bonchev–Trinajstić information content (AvgIpc) is 3.46. The zero-order chi connectivity index (χ0) is 22.2. The smallest absolute Gasteiger partial charge is 0.253 e. The lowest BCUT2D eigenvalue weighted by atomic mass is 9.96. The first-order valence-corrected chi connectivity index (χ1v) is 10.9. The largest absolute Gasteiger partial charge is 0.339 e. The van der Waals surface area contributed by atoms with Gasteiger partial charge in [-0.1, -0.05) is 23.4 Å². The summed E-state index contributed by atoms with van der Waals surface area (Å²) in [7, 11) is 0. The Kier molecular flexibility index (Phi) is 5.20. The molecule has 7 nitrogen and oxygen atoms in total. The van der Waals surface area contributed by atoms with Crippen molar-refractivity contribution in [3.63, 3.8) is 0 Å². The number of amides is 1. The van der Waals surface area contributed by atoms with E-state index in [0.717, 1.165) is 29.3 Å². The zero-order valence-electron chi connectivity index (χ0n) is 18.0. The Labute approximate surface area is 184 Å². The number of carbonyl (C=O) groups excluding carboxylic acids is 1. The molecule has 32 heavy (non-hydrogen) atoms. The van der Waals surface area contributed by atoms with Gasteiger partial charge in [0.15, 0.2) is 0 Å². The van der Waals surface area contributed by atoms with Crippen LogP contribution in [-0.2, 0) is 0 Å². The Morgan fingerprint density at radius 3 is 2.72 bits per heavy atom. The van der Waals surface area contributed by atoms with Gasteiger partial charge in [-0.15, -0.1) is 0 Å². The molecule has 2 aromatic heterocycles. The van der Waals surface area contributed by atoms with E-state index in [1.54, 1.807) is 17.0 Å². The number of halogens is 1. The van der Waals surface area contributed by atoms with Crippen LogP contribution in [0.5, 0.6) is 0 Å². The number of nitrogens with zero attached hydrogens (tertiary/aromatic N) is 5. The third-order valence-electron chi connectivity index (χ3n) is 5.99. The van der Waals surface area contributed by atoms with Gasteiger partial charge in [0.05, 0.1) is 11.7 Å². The van der Waals surface area contributed by atoms with Crippen molar-refractivity contribution >= 4 is 16.8 Å². The van der Waals surface area contributed by atoms with Crippen molar-refractivity contribution in [2.24, 2.45) is 0 Å². The topological polar surface area (TPSA) is 77.0 Å². The molecule has 0 bridgehead atoms. The van der Waals surface area contributed by atoms with Crippen molar-refractivity contribution in [2.45, 2.75) is 38.6 Å². The van der Waals surface area contributed by atoms with E-state index in [1.165, 1.54) is 12.1 Å². The van der Waals surface area contributed by atoms with E-state index in [0.29, 0.717) is 30.4 Å². The molecular formula is C24H24FN5O2. The third kappa shape index (κ3) is 3.77. The maximum Gasteiger partial charge on any atom is 0.253 e. The molecule has 3 heterocycles. The van der Waals surface area contributed by atoms with Crippen molar-refractivity contribution in [1.29, 1.82) is 0 Å². The first-order chi connectivity index (χ1) is 15.5. The third-order valence-corrected chi connectivity index (χ3v) is 5.99. The number of fused-ring (bicyclic) bond motifs is 1. The van der Waals surface area contributed by atoms with E-state index < -0.39 is 5.82 Å². The highest BCUT2D eigenvalue weighted by Crippen LogP contribution is 2.30. The SMILES string of the molecule is CC(C)n1ncc2ccc(-c3noc(C4CCN(C(=O)c5cccc(F)c5)CC4)n3)cc21. The highest BCUT2D eigenvalue weighted by Gasteiger charge is 2.28. The van der Waals surface area contributed by atoms with Gasteiger partial charge >= 0.3 is 0 Å². The second-order valence-corrected chi connectivity index (χ2v) is 8.49. The van der Waals surface area contributed by atoms with Crippen molar-refractivity contribution in [2.75, 3.05) is 13.1 Å². The predicted molar refractivity (Wildman–Crippen MR) is 118 cm³/mol. The van der Waals surface area contributed by atoms with E-state index in [1.807, 2.05) is 29.1 Å². The minimum atomic E-state index is -0.404. The fourth-order valence-corrected chi connectivity index (χ4v) is 4.24. The van der Waals surface area contributed by atoms with Crippen LogP contribution in [0.1, 0.15) is 54.9 Å². The summed E-state index contributed by atoms with van der Waals surface area (Å²) in [5.41, 5.74) is 2.29. The van der Waals surface area contributed by atoms with E-state index in [4.69, 9.17) is 4.52 Å². The fourth-order valence-electron chi connectivity index (χ4n) is 4.24. The summed E-state index contributed by atoms with van der Waals surface area (Å²) in [6.45, 7) is 5.32. The molecule has 0 radical (unpaired) electrons. The van der Waals surface area contributed by atoms with Gasteiger partial charge in [-0.25, -0.2) is 4.39 Å². The van der Waals surface area contributed by atoms with E-state index in [2.05, 4.69) is 29.1 Å². The van der Waals surface area contributed by atoms with Crippen molar-refractivity contribution < 1.29 is 13.7 Å². The molecule has 1 aliphatic heterocycles. The number of hydrogen-bond acceptors (Lipinski definition) is 5. The second-order valence-electron chi connectivity index (χ2n) is 8.49. The lowest BCUT2D eigenvalue weighted by Crippen LogP contribution is -2.38. The lowest BCUT2D eigenvalue weighted by Gasteiger charge is -2.30. The Morgan fingerprint density at radius 2 is 1.97 bits per heavy atom. The maximum atomic E-state index is 13.4. The van der Waals surface area contributed by atoms with Crippen molar-refractivity contribution in [3.8, 4) is 11.4 Å². The molecule has 2 aromatic carbocycles. The molecule has 0 aliphatic carbocycles. The van der Waals surface area contributed by atoms with E-state index in [-0.39, 0.29) is 17.9 Å². The van der Waals surface area contributed by atoms with Gasteiger partial charge in [0.1, 0.15) is 5.82 Å². The van der Waals surface area contributed by atoms with Gasteiger partial charge in [0, 0.05) is 41.6 Å². The Balaban J connectivity index is 1.29. The van der Waals surface area contributed by atoms with Crippen molar-refractivity contribution in [3.05, 3.63) is 65.9 Å². The molecule has 1 aliphatic rings. The predicted octanol–water partition coefficient (Wildman–Crippen LogP) is 4.83. The summed E-state index contributed by atoms with van der Waals surface area (Å²) in [4.78, 5) is 19.0. The lowest BCUT2D eigenvalue weighted by molar-refractivity contribution is 0.0704. The summed E-state index contributed by atoms with van der Waals surface area (Å²) in [5.74, 6) is 0.688. The summed E-state index contributed by atoms with van der Waals surface area (Å²) >= 11 is 0. The zero-order valence-corrected chi connectivity index (χ0v) is 18.0. The van der Waals surface area contributed by atoms with Crippen LogP contribution in [0.2, 0.25) is 0 Å². The van der Waals surface area contributed by atoms with Crippen molar-refractivity contribution in [1.82, 2.24) is 24.8 Å². The summed E-state index contributed by atoms with van der Waals surface area (Å²) in [5, 5.41) is 9.73. The van der Waals surface area contributed by atoms with Crippen LogP contribution in [0.15, 0.2) is 53.2 Å². The van der Waals surface area contributed by atoms with Gasteiger partial charge in [-0.2, -0.15) is 10.1 Å². The molecule has 0 unspecified atom stereocenters. The summed E-state index contributed by atoms with van der Waals surface area (Å²) in [6, 6.07) is 12.1. The van der Waals surface area contributed by atoms with Crippen LogP contribution in [0.25, 0.3) is 22.3 Å². The molecule has 5 rings (SSSR count). The normalized spacial score (nSPS) is 15.1. The number of aromatic nitrogens is 4. The highest BCUT2D eigenvalue weighted by molar-refractivity contribution is 5.94. The highest BCUT2D eigenvalue weighted by atomic mass is 19.1. The number of likely N-dealkylation sites (tertiary alicyclic amines) is 1. The average molecular weight is 433 g/mol. The monoisotopic (exact) mass is 433 g/mol. The molecule has 8 heteroatoms. The van der Waals surface area contributed by atoms with Crippen LogP contribution in [0.4, 0.5) is 4.39 Å². The van der Waals surface area contributed by atoms with Crippen LogP contribution in [0.3, 0.4) is 0 Å². The summed E-state index contributed by atoms with van der Waals surface area (Å²) in [6.07, 6.45) is 3.31. The summed E-state index contributed by atoms with van der Waals surface area (Å²) < 4.78 is 21.0. The Hall–Kier alpha value is -3.55. The quantitative estimate of drug-likeness (QED) is 0.461. The van der Waals surface area contributed by atoms with E-state index >= 15 is 0 Å². The number of hydrogen-bond donors (Lipinski definition) is 0. The van der Waals surface area contributed by atoms with Crippen LogP contribution in [0, 0.1) is 5.82 Å². The molecule has 1 fully saturated rings. The number of benzene rings is 2. The minimum Gasteiger partial charge on any atom is -0.339 e. The number of rotatable bonds is 4. The number of piperidine rings is 1. The van der Waals surface area contributed by atoms with E-state index in [9.17, 15) is 9.18 Å². The molecule has 0 N–H and O–H groups in total. The van der Waals surface area contributed by atoms with Crippen LogP contribution >= 0.6 is 0 Å². The molecule has 1 amide bonds. The second kappa shape index (κ2) is 8.18. The van der Waals surface area contributed by atoms with Gasteiger partial charge in [-0.05, 0) is 51.0 Å². The fraction of sp³-hybridized carbons (Fsp3) is 0.333. The first-order valence-electron chi connectivity index (χ1n) is 10.9. The maximum absolute atomic E-state index is 13.4. The minimum absolute atomic E-state index is 0.0951. The van der Waals surface area contributed by atoms with Crippen LogP contribution in [-0.4, -0.2) is 43.8 Å². The standard InChI is InChI=1S/C24H24FN5O2/c1-15(2)30-21-13-17(6-7-19(21)14-26-30)22-27-23(32-28-22)16-8-10-29(11-9-16)24(31)18-4-3-5-20(25)12-18/h3-7,12-16H,8-11H2,1-2H3. The molecular weight excluding hydrogens is 409 g/mol. The van der Waals surface area contributed by atoms with Gasteiger partial charge < -0.3 is 9.42 Å². The van der Waals surface area contributed by atoms with Crippen LogP contribution < -0.4 is 0 Å². The Morgan fingerprint density at radius 1 is 1.16 bits per heavy atom. The molecule has 164 valence electrons.